The second kappa shape index (κ2) is 3.25. The lowest BCUT2D eigenvalue weighted by Crippen LogP contribution is -2.12. The highest BCUT2D eigenvalue weighted by atomic mass is 32.2. The van der Waals surface area contributed by atoms with Gasteiger partial charge >= 0.3 is 0 Å². The van der Waals surface area contributed by atoms with Crippen LogP contribution in [0, 0.1) is 0 Å². The number of nitrogens with zero attached hydrogens (tertiary/aromatic N) is 2. The highest BCUT2D eigenvalue weighted by molar-refractivity contribution is 7.89. The maximum absolute atomic E-state index is 11.5. The second-order valence-electron chi connectivity index (χ2n) is 3.64. The lowest BCUT2D eigenvalue weighted by Gasteiger charge is -2.04. The first kappa shape index (κ1) is 10.2. The van der Waals surface area contributed by atoms with Gasteiger partial charge in [0.15, 0.2) is 0 Å². The van der Waals surface area contributed by atoms with Crippen LogP contribution in [0.15, 0.2) is 35.7 Å². The van der Waals surface area contributed by atoms with E-state index in [0.717, 1.165) is 0 Å². The number of rotatable bonds is 1. The predicted octanol–water partition coefficient (Wildman–Crippen LogP) is 0.759. The number of H-pyrrole nitrogens is 1. The zero-order chi connectivity index (χ0) is 12.0. The summed E-state index contributed by atoms with van der Waals surface area (Å²) in [4.78, 5) is 11.1. The summed E-state index contributed by atoms with van der Waals surface area (Å²) in [6.45, 7) is 0. The Balaban J connectivity index is 2.62. The molecule has 0 saturated heterocycles. The van der Waals surface area contributed by atoms with Gasteiger partial charge in [-0.2, -0.15) is 0 Å². The van der Waals surface area contributed by atoms with Gasteiger partial charge in [-0.3, -0.25) is 9.97 Å². The highest BCUT2D eigenvalue weighted by Gasteiger charge is 2.16. The van der Waals surface area contributed by atoms with Crippen LogP contribution in [0.25, 0.3) is 21.8 Å². The molecule has 2 aromatic heterocycles. The van der Waals surface area contributed by atoms with Crippen molar-refractivity contribution in [1.82, 2.24) is 15.0 Å². The molecule has 0 saturated carbocycles. The molecule has 86 valence electrons. The highest BCUT2D eigenvalue weighted by Crippen LogP contribution is 2.28. The lowest BCUT2D eigenvalue weighted by molar-refractivity contribution is 0.598. The van der Waals surface area contributed by atoms with Gasteiger partial charge in [0.1, 0.15) is 0 Å². The normalized spacial score (nSPS) is 12.3. The minimum absolute atomic E-state index is 0.0572. The maximum Gasteiger partial charge on any atom is 0.238 e. The van der Waals surface area contributed by atoms with Gasteiger partial charge in [0.05, 0.1) is 15.9 Å². The van der Waals surface area contributed by atoms with Crippen molar-refractivity contribution in [2.24, 2.45) is 5.14 Å². The van der Waals surface area contributed by atoms with Crippen molar-refractivity contribution in [2.75, 3.05) is 0 Å². The number of nitrogens with two attached hydrogens (primary N) is 1. The molecule has 0 radical (unpaired) electrons. The van der Waals surface area contributed by atoms with Gasteiger partial charge in [-0.05, 0) is 6.07 Å². The van der Waals surface area contributed by atoms with Gasteiger partial charge < -0.3 is 4.98 Å². The predicted molar refractivity (Wildman–Crippen MR) is 62.8 cm³/mol. The monoisotopic (exact) mass is 248 g/mol. The summed E-state index contributed by atoms with van der Waals surface area (Å²) >= 11 is 0. The number of nitrogens with one attached hydrogen (secondary N) is 1. The van der Waals surface area contributed by atoms with E-state index in [2.05, 4.69) is 15.0 Å². The van der Waals surface area contributed by atoms with Crippen LogP contribution < -0.4 is 5.14 Å². The number of hydrogen-bond acceptors (Lipinski definition) is 4. The SMILES string of the molecule is NS(=O)(=O)c1cc2[nH]ccnc2c2cncc12. The van der Waals surface area contributed by atoms with Gasteiger partial charge in [-0.15, -0.1) is 0 Å². The fourth-order valence-electron chi connectivity index (χ4n) is 1.86. The van der Waals surface area contributed by atoms with Gasteiger partial charge in [0, 0.05) is 35.6 Å². The Hall–Kier alpha value is -1.99. The molecule has 17 heavy (non-hydrogen) atoms. The van der Waals surface area contributed by atoms with Crippen LogP contribution in [0.1, 0.15) is 0 Å². The molecular weight excluding hydrogens is 240 g/mol. The van der Waals surface area contributed by atoms with Crippen molar-refractivity contribution in [1.29, 1.82) is 0 Å². The topological polar surface area (TPSA) is 102 Å². The number of aromatic amines is 1. The Morgan fingerprint density at radius 3 is 2.76 bits per heavy atom. The zero-order valence-corrected chi connectivity index (χ0v) is 9.40. The quantitative estimate of drug-likeness (QED) is 0.663. The Kier molecular flexibility index (Phi) is 1.95. The number of sulfonamides is 1. The van der Waals surface area contributed by atoms with E-state index in [9.17, 15) is 8.42 Å². The third-order valence-electron chi connectivity index (χ3n) is 2.57. The van der Waals surface area contributed by atoms with E-state index in [0.29, 0.717) is 21.8 Å². The first-order chi connectivity index (χ1) is 8.07. The van der Waals surface area contributed by atoms with E-state index in [1.165, 1.54) is 12.3 Å². The molecule has 1 aromatic carbocycles. The van der Waals surface area contributed by atoms with Crippen LogP contribution in [0.2, 0.25) is 0 Å². The average molecular weight is 248 g/mol. The molecule has 0 bridgehead atoms. The van der Waals surface area contributed by atoms with E-state index in [1.54, 1.807) is 18.6 Å². The summed E-state index contributed by atoms with van der Waals surface area (Å²) in [5.74, 6) is 0. The minimum Gasteiger partial charge on any atom is -0.358 e. The third-order valence-corrected chi connectivity index (χ3v) is 3.52. The van der Waals surface area contributed by atoms with Crippen LogP contribution >= 0.6 is 0 Å². The molecule has 0 fully saturated rings. The van der Waals surface area contributed by atoms with Gasteiger partial charge in [-0.1, -0.05) is 0 Å². The molecule has 0 atom stereocenters. The van der Waals surface area contributed by atoms with Gasteiger partial charge in [-0.25, -0.2) is 13.6 Å². The molecule has 7 heteroatoms. The third kappa shape index (κ3) is 1.48. The van der Waals surface area contributed by atoms with Crippen LogP contribution in [-0.4, -0.2) is 23.4 Å². The molecule has 3 aromatic rings. The van der Waals surface area contributed by atoms with E-state index in [1.807, 2.05) is 0 Å². The number of benzene rings is 1. The fourth-order valence-corrected chi connectivity index (χ4v) is 2.61. The van der Waals surface area contributed by atoms with E-state index < -0.39 is 10.0 Å². The molecule has 0 amide bonds. The number of hydrogen-bond donors (Lipinski definition) is 2. The molecule has 0 aliphatic rings. The molecule has 6 nitrogen and oxygen atoms in total. The Bertz CT molecular complexity index is 823. The second-order valence-corrected chi connectivity index (χ2v) is 5.17. The van der Waals surface area contributed by atoms with Crippen LogP contribution in [0.4, 0.5) is 0 Å². The summed E-state index contributed by atoms with van der Waals surface area (Å²) in [6.07, 6.45) is 6.28. The molecule has 0 aliphatic heterocycles. The number of aromatic nitrogens is 3. The summed E-state index contributed by atoms with van der Waals surface area (Å²) in [7, 11) is -3.78. The van der Waals surface area contributed by atoms with E-state index >= 15 is 0 Å². The molecule has 2 heterocycles. The smallest absolute Gasteiger partial charge is 0.238 e. The molecule has 3 rings (SSSR count). The molecule has 0 unspecified atom stereocenters. The minimum atomic E-state index is -3.78. The maximum atomic E-state index is 11.5. The van der Waals surface area contributed by atoms with Crippen molar-refractivity contribution >= 4 is 31.8 Å². The number of primary sulfonamides is 1. The Morgan fingerprint density at radius 1 is 1.24 bits per heavy atom. The van der Waals surface area contributed by atoms with Crippen LogP contribution in [0.5, 0.6) is 0 Å². The summed E-state index contributed by atoms with van der Waals surface area (Å²) < 4.78 is 23.0. The van der Waals surface area contributed by atoms with Crippen molar-refractivity contribution in [2.45, 2.75) is 4.90 Å². The van der Waals surface area contributed by atoms with Crippen molar-refractivity contribution in [3.05, 3.63) is 30.9 Å². The summed E-state index contributed by atoms with van der Waals surface area (Å²) in [5.41, 5.74) is 1.28. The summed E-state index contributed by atoms with van der Waals surface area (Å²) in [6, 6.07) is 1.47. The summed E-state index contributed by atoms with van der Waals surface area (Å²) in [5, 5.41) is 6.35. The first-order valence-corrected chi connectivity index (χ1v) is 6.34. The first-order valence-electron chi connectivity index (χ1n) is 4.80. The van der Waals surface area contributed by atoms with Crippen molar-refractivity contribution in [3.63, 3.8) is 0 Å². The molecular formula is C10H8N4O2S. The largest absolute Gasteiger partial charge is 0.358 e. The average Bonchev–Trinajstić information content (AvgIpc) is 2.75. The van der Waals surface area contributed by atoms with Crippen LogP contribution in [-0.2, 0) is 10.0 Å². The van der Waals surface area contributed by atoms with E-state index in [4.69, 9.17) is 5.14 Å². The zero-order valence-electron chi connectivity index (χ0n) is 8.58. The Labute approximate surface area is 96.5 Å². The Morgan fingerprint density at radius 2 is 2.00 bits per heavy atom. The molecule has 0 spiro atoms. The van der Waals surface area contributed by atoms with Crippen molar-refractivity contribution < 1.29 is 8.42 Å². The van der Waals surface area contributed by atoms with Crippen molar-refractivity contribution in [3.8, 4) is 0 Å². The fraction of sp³-hybridized carbons (Fsp3) is 0. The van der Waals surface area contributed by atoms with Gasteiger partial charge in [0.2, 0.25) is 10.0 Å². The molecule has 3 N–H and O–H groups in total. The van der Waals surface area contributed by atoms with Gasteiger partial charge in [0.25, 0.3) is 0 Å². The standard InChI is InChI=1S/C10H8N4O2S/c11-17(15,16)9-3-8-10(14-2-1-13-8)7-5-12-4-6(7)9/h1-5,13H,(H2,11,15,16). The van der Waals surface area contributed by atoms with Crippen LogP contribution in [0.3, 0.4) is 0 Å². The molecule has 0 aliphatic carbocycles. The lowest BCUT2D eigenvalue weighted by atomic mass is 10.2. The number of fused-ring (bicyclic) bond motifs is 3. The van der Waals surface area contributed by atoms with E-state index in [-0.39, 0.29) is 4.90 Å².